The van der Waals surface area contributed by atoms with Crippen LogP contribution in [0.4, 0.5) is 14.9 Å². The number of rotatable bonds is 6. The molecule has 0 aliphatic carbocycles. The van der Waals surface area contributed by atoms with Gasteiger partial charge in [-0.15, -0.1) is 0 Å². The Kier molecular flexibility index (Phi) is 5.80. The van der Waals surface area contributed by atoms with Gasteiger partial charge in [-0.25, -0.2) is 9.18 Å². The maximum atomic E-state index is 12.8. The highest BCUT2D eigenvalue weighted by Gasteiger charge is 2.09. The predicted octanol–water partition coefficient (Wildman–Crippen LogP) is 3.38. The molecule has 6 heteroatoms. The van der Waals surface area contributed by atoms with Gasteiger partial charge in [-0.1, -0.05) is 6.07 Å². The van der Waals surface area contributed by atoms with Crippen molar-refractivity contribution in [2.24, 2.45) is 0 Å². The molecule has 2 aromatic carbocycles. The van der Waals surface area contributed by atoms with Gasteiger partial charge in [-0.2, -0.15) is 0 Å². The number of methoxy groups -OCH3 is 1. The van der Waals surface area contributed by atoms with Gasteiger partial charge in [-0.05, 0) is 36.4 Å². The summed E-state index contributed by atoms with van der Waals surface area (Å²) in [6.45, 7) is 0.709. The quantitative estimate of drug-likeness (QED) is 0.888. The first-order valence-electron chi connectivity index (χ1n) is 7.13. The average Bonchev–Trinajstić information content (AvgIpc) is 2.56. The number of nitrogens with one attached hydrogen (secondary N) is 1. The van der Waals surface area contributed by atoms with Crippen molar-refractivity contribution in [3.63, 3.8) is 0 Å². The Morgan fingerprint density at radius 3 is 2.61 bits per heavy atom. The molecule has 2 amide bonds. The van der Waals surface area contributed by atoms with Crippen LogP contribution in [-0.4, -0.2) is 38.2 Å². The summed E-state index contributed by atoms with van der Waals surface area (Å²) in [5.74, 6) is 0.922. The molecule has 0 atom stereocenters. The van der Waals surface area contributed by atoms with Crippen molar-refractivity contribution < 1.29 is 18.7 Å². The van der Waals surface area contributed by atoms with Crippen molar-refractivity contribution >= 4 is 11.7 Å². The average molecular weight is 318 g/mol. The fraction of sp³-hybridized carbons (Fsp3) is 0.235. The Balaban J connectivity index is 1.79. The van der Waals surface area contributed by atoms with E-state index < -0.39 is 0 Å². The van der Waals surface area contributed by atoms with Crippen LogP contribution in [0.2, 0.25) is 0 Å². The Labute approximate surface area is 134 Å². The molecule has 23 heavy (non-hydrogen) atoms. The van der Waals surface area contributed by atoms with E-state index in [0.29, 0.717) is 30.3 Å². The summed E-state index contributed by atoms with van der Waals surface area (Å²) in [5, 5.41) is 2.77. The maximum Gasteiger partial charge on any atom is 0.321 e. The molecular weight excluding hydrogens is 299 g/mol. The zero-order valence-corrected chi connectivity index (χ0v) is 13.1. The van der Waals surface area contributed by atoms with E-state index in [0.717, 1.165) is 0 Å². The Hall–Kier alpha value is -2.76. The van der Waals surface area contributed by atoms with E-state index >= 15 is 0 Å². The third kappa shape index (κ3) is 5.18. The van der Waals surface area contributed by atoms with Crippen molar-refractivity contribution in [3.05, 3.63) is 54.3 Å². The third-order valence-corrected chi connectivity index (χ3v) is 3.18. The number of urea groups is 1. The summed E-state index contributed by atoms with van der Waals surface area (Å²) in [6.07, 6.45) is 0. The summed E-state index contributed by atoms with van der Waals surface area (Å²) < 4.78 is 23.3. The lowest BCUT2D eigenvalue weighted by Crippen LogP contribution is -2.34. The van der Waals surface area contributed by atoms with Crippen molar-refractivity contribution in [3.8, 4) is 11.5 Å². The number of hydrogen-bond acceptors (Lipinski definition) is 3. The van der Waals surface area contributed by atoms with E-state index in [1.54, 1.807) is 50.6 Å². The summed E-state index contributed by atoms with van der Waals surface area (Å²) >= 11 is 0. The van der Waals surface area contributed by atoms with Gasteiger partial charge in [0.15, 0.2) is 0 Å². The van der Waals surface area contributed by atoms with Crippen LogP contribution < -0.4 is 14.8 Å². The minimum atomic E-state index is -0.313. The highest BCUT2D eigenvalue weighted by molar-refractivity contribution is 5.89. The molecule has 0 unspecified atom stereocenters. The molecule has 0 radical (unpaired) electrons. The molecule has 0 saturated heterocycles. The van der Waals surface area contributed by atoms with Gasteiger partial charge in [0.05, 0.1) is 13.7 Å². The summed E-state index contributed by atoms with van der Waals surface area (Å²) in [6, 6.07) is 12.6. The smallest absolute Gasteiger partial charge is 0.321 e. The number of hydrogen-bond donors (Lipinski definition) is 1. The summed E-state index contributed by atoms with van der Waals surface area (Å²) in [4.78, 5) is 13.6. The third-order valence-electron chi connectivity index (χ3n) is 3.18. The monoisotopic (exact) mass is 318 g/mol. The lowest BCUT2D eigenvalue weighted by atomic mass is 10.3. The topological polar surface area (TPSA) is 50.8 Å². The van der Waals surface area contributed by atoms with Crippen LogP contribution in [0.5, 0.6) is 11.5 Å². The fourth-order valence-corrected chi connectivity index (χ4v) is 1.85. The van der Waals surface area contributed by atoms with E-state index in [9.17, 15) is 9.18 Å². The molecule has 0 spiro atoms. The van der Waals surface area contributed by atoms with E-state index in [2.05, 4.69) is 5.32 Å². The number of carbonyl (C=O) groups excluding carboxylic acids is 1. The van der Waals surface area contributed by atoms with Crippen LogP contribution in [0, 0.1) is 5.82 Å². The van der Waals surface area contributed by atoms with E-state index in [4.69, 9.17) is 9.47 Å². The van der Waals surface area contributed by atoms with Crippen molar-refractivity contribution in [2.75, 3.05) is 32.6 Å². The maximum absolute atomic E-state index is 12.8. The largest absolute Gasteiger partial charge is 0.497 e. The van der Waals surface area contributed by atoms with Gasteiger partial charge < -0.3 is 19.7 Å². The molecule has 122 valence electrons. The lowest BCUT2D eigenvalue weighted by Gasteiger charge is -2.18. The Morgan fingerprint density at radius 2 is 1.91 bits per heavy atom. The van der Waals surface area contributed by atoms with Gasteiger partial charge in [0.2, 0.25) is 0 Å². The number of ether oxygens (including phenoxy) is 2. The van der Waals surface area contributed by atoms with Gasteiger partial charge >= 0.3 is 6.03 Å². The molecule has 0 aliphatic rings. The molecule has 2 aromatic rings. The van der Waals surface area contributed by atoms with Gasteiger partial charge in [-0.3, -0.25) is 0 Å². The number of benzene rings is 2. The van der Waals surface area contributed by atoms with Gasteiger partial charge in [0.25, 0.3) is 0 Å². The normalized spacial score (nSPS) is 10.0. The van der Waals surface area contributed by atoms with E-state index in [-0.39, 0.29) is 11.8 Å². The van der Waals surface area contributed by atoms with E-state index in [1.807, 2.05) is 0 Å². The highest BCUT2D eigenvalue weighted by Crippen LogP contribution is 2.17. The second-order valence-electron chi connectivity index (χ2n) is 4.89. The SMILES string of the molecule is COc1cccc(NC(=O)N(C)CCOc2ccc(F)cc2)c1. The molecule has 0 saturated carbocycles. The second kappa shape index (κ2) is 8.03. The van der Waals surface area contributed by atoms with Crippen LogP contribution in [0.25, 0.3) is 0 Å². The fourth-order valence-electron chi connectivity index (χ4n) is 1.85. The molecule has 5 nitrogen and oxygen atoms in total. The first-order chi connectivity index (χ1) is 11.1. The Bertz CT molecular complexity index is 647. The molecule has 2 rings (SSSR count). The van der Waals surface area contributed by atoms with Gasteiger partial charge in [0.1, 0.15) is 23.9 Å². The first kappa shape index (κ1) is 16.6. The summed E-state index contributed by atoms with van der Waals surface area (Å²) in [5.41, 5.74) is 0.653. The molecule has 0 heterocycles. The highest BCUT2D eigenvalue weighted by atomic mass is 19.1. The first-order valence-corrected chi connectivity index (χ1v) is 7.13. The minimum absolute atomic E-state index is 0.249. The molecule has 0 aromatic heterocycles. The number of nitrogens with zero attached hydrogens (tertiary/aromatic N) is 1. The zero-order chi connectivity index (χ0) is 16.7. The van der Waals surface area contributed by atoms with Crippen molar-refractivity contribution in [2.45, 2.75) is 0 Å². The zero-order valence-electron chi connectivity index (χ0n) is 13.1. The van der Waals surface area contributed by atoms with Crippen LogP contribution in [0.15, 0.2) is 48.5 Å². The summed E-state index contributed by atoms with van der Waals surface area (Å²) in [7, 11) is 3.24. The molecule has 1 N–H and O–H groups in total. The van der Waals surface area contributed by atoms with Crippen LogP contribution in [-0.2, 0) is 0 Å². The molecule has 0 aliphatic heterocycles. The molecule has 0 bridgehead atoms. The number of halogens is 1. The van der Waals surface area contributed by atoms with Crippen LogP contribution in [0.3, 0.4) is 0 Å². The minimum Gasteiger partial charge on any atom is -0.497 e. The van der Waals surface area contributed by atoms with Crippen LogP contribution >= 0.6 is 0 Å². The van der Waals surface area contributed by atoms with Gasteiger partial charge in [0, 0.05) is 18.8 Å². The number of anilines is 1. The Morgan fingerprint density at radius 1 is 1.17 bits per heavy atom. The van der Waals surface area contributed by atoms with E-state index in [1.165, 1.54) is 17.0 Å². The van der Waals surface area contributed by atoms with Crippen molar-refractivity contribution in [1.29, 1.82) is 0 Å². The molecule has 0 fully saturated rings. The lowest BCUT2D eigenvalue weighted by molar-refractivity contribution is 0.207. The predicted molar refractivity (Wildman–Crippen MR) is 86.5 cm³/mol. The second-order valence-corrected chi connectivity index (χ2v) is 4.89. The van der Waals surface area contributed by atoms with Crippen molar-refractivity contribution in [1.82, 2.24) is 4.90 Å². The number of amides is 2. The number of carbonyl (C=O) groups is 1. The number of likely N-dealkylation sites (N-methyl/N-ethyl adjacent to an activating group) is 1. The standard InChI is InChI=1S/C17H19FN2O3/c1-20(10-11-23-15-8-6-13(18)7-9-15)17(21)19-14-4-3-5-16(12-14)22-2/h3-9,12H,10-11H2,1-2H3,(H,19,21). The molecular formula is C17H19FN2O3. The van der Waals surface area contributed by atoms with Crippen LogP contribution in [0.1, 0.15) is 0 Å².